The summed E-state index contributed by atoms with van der Waals surface area (Å²) in [4.78, 5) is 29.8. The number of nitrogens with zero attached hydrogens (tertiary/aromatic N) is 2. The van der Waals surface area contributed by atoms with Gasteiger partial charge in [-0.25, -0.2) is 0 Å². The monoisotopic (exact) mass is 477 g/mol. The first kappa shape index (κ1) is 25.2. The average Bonchev–Trinajstić information content (AvgIpc) is 2.90. The molecule has 2 aliphatic rings. The summed E-state index contributed by atoms with van der Waals surface area (Å²) in [6, 6.07) is 18.8. The minimum Gasteiger partial charge on any atom is -0.493 e. The molecule has 2 amide bonds. The maximum absolute atomic E-state index is 12.8. The number of benzene rings is 2. The molecule has 4 rings (SSSR count). The van der Waals surface area contributed by atoms with Gasteiger partial charge in [0.25, 0.3) is 0 Å². The molecule has 6 heteroatoms. The first-order valence-corrected chi connectivity index (χ1v) is 13.1. The first-order chi connectivity index (χ1) is 17.1. The topological polar surface area (TPSA) is 61.9 Å². The fraction of sp³-hybridized carbons (Fsp3) is 0.517. The number of hydrogen-bond acceptors (Lipinski definition) is 4. The van der Waals surface area contributed by atoms with Gasteiger partial charge in [0.05, 0.1) is 18.9 Å². The molecule has 0 saturated carbocycles. The normalized spacial score (nSPS) is 20.9. The van der Waals surface area contributed by atoms with Crippen LogP contribution in [0.15, 0.2) is 54.6 Å². The molecule has 2 fully saturated rings. The van der Waals surface area contributed by atoms with Gasteiger partial charge < -0.3 is 15.0 Å². The van der Waals surface area contributed by atoms with Crippen molar-refractivity contribution in [2.75, 3.05) is 26.2 Å². The van der Waals surface area contributed by atoms with Gasteiger partial charge in [0.2, 0.25) is 11.8 Å². The lowest BCUT2D eigenvalue weighted by Gasteiger charge is -2.33. The maximum atomic E-state index is 12.8. The van der Waals surface area contributed by atoms with E-state index in [2.05, 4.69) is 41.4 Å². The van der Waals surface area contributed by atoms with Crippen molar-refractivity contribution in [3.63, 3.8) is 0 Å². The average molecular weight is 478 g/mol. The van der Waals surface area contributed by atoms with Crippen molar-refractivity contribution in [1.29, 1.82) is 0 Å². The van der Waals surface area contributed by atoms with E-state index >= 15 is 0 Å². The third kappa shape index (κ3) is 7.56. The zero-order chi connectivity index (χ0) is 24.5. The molecule has 0 aromatic heterocycles. The van der Waals surface area contributed by atoms with Crippen molar-refractivity contribution < 1.29 is 14.3 Å². The van der Waals surface area contributed by atoms with Gasteiger partial charge in [-0.1, -0.05) is 48.9 Å². The third-order valence-corrected chi connectivity index (χ3v) is 7.29. The van der Waals surface area contributed by atoms with E-state index in [1.807, 2.05) is 35.2 Å². The van der Waals surface area contributed by atoms with E-state index in [1.54, 1.807) is 0 Å². The minimum atomic E-state index is -0.150. The van der Waals surface area contributed by atoms with Crippen LogP contribution >= 0.6 is 0 Å². The number of amides is 2. The predicted molar refractivity (Wildman–Crippen MR) is 138 cm³/mol. The van der Waals surface area contributed by atoms with Gasteiger partial charge in [0.1, 0.15) is 5.75 Å². The Morgan fingerprint density at radius 2 is 1.71 bits per heavy atom. The van der Waals surface area contributed by atoms with E-state index in [4.69, 9.17) is 4.74 Å². The molecule has 2 atom stereocenters. The van der Waals surface area contributed by atoms with Crippen molar-refractivity contribution >= 4 is 11.8 Å². The van der Waals surface area contributed by atoms with Gasteiger partial charge in [-0.15, -0.1) is 0 Å². The summed E-state index contributed by atoms with van der Waals surface area (Å²) in [5.41, 5.74) is 2.43. The van der Waals surface area contributed by atoms with Crippen LogP contribution in [0.1, 0.15) is 56.6 Å². The Kier molecular flexibility index (Phi) is 9.18. The highest BCUT2D eigenvalue weighted by molar-refractivity contribution is 5.81. The van der Waals surface area contributed by atoms with Crippen molar-refractivity contribution in [2.45, 2.75) is 64.6 Å². The second-order valence-corrected chi connectivity index (χ2v) is 9.94. The standard InChI is InChI=1S/C29H39N3O3/c1-23-8-5-6-17-31(23)21-25-14-12-24(13-15-25)20-30-29(34)26-9-7-18-32(22-26)28(33)16-19-35-27-10-3-2-4-11-27/h2-4,10-15,23,26H,5-9,16-22H2,1H3,(H,30,34). The lowest BCUT2D eigenvalue weighted by atomic mass is 9.96. The quantitative estimate of drug-likeness (QED) is 0.582. The minimum absolute atomic E-state index is 0.0363. The number of ether oxygens (including phenoxy) is 1. The summed E-state index contributed by atoms with van der Waals surface area (Å²) in [5, 5.41) is 3.09. The molecule has 2 aliphatic heterocycles. The van der Waals surface area contributed by atoms with E-state index < -0.39 is 0 Å². The van der Waals surface area contributed by atoms with Crippen LogP contribution in [-0.2, 0) is 22.7 Å². The molecular weight excluding hydrogens is 438 g/mol. The third-order valence-electron chi connectivity index (χ3n) is 7.29. The molecule has 2 unspecified atom stereocenters. The Labute approximate surface area is 209 Å². The number of likely N-dealkylation sites (tertiary alicyclic amines) is 2. The number of nitrogens with one attached hydrogen (secondary N) is 1. The molecule has 0 radical (unpaired) electrons. The highest BCUT2D eigenvalue weighted by Crippen LogP contribution is 2.20. The van der Waals surface area contributed by atoms with Crippen LogP contribution in [0.2, 0.25) is 0 Å². The van der Waals surface area contributed by atoms with Crippen LogP contribution in [0.5, 0.6) is 5.75 Å². The fourth-order valence-corrected chi connectivity index (χ4v) is 5.07. The molecule has 2 aromatic carbocycles. The van der Waals surface area contributed by atoms with Crippen molar-refractivity contribution in [3.8, 4) is 5.75 Å². The van der Waals surface area contributed by atoms with E-state index in [0.717, 1.165) is 30.7 Å². The Hall–Kier alpha value is -2.86. The molecule has 2 aromatic rings. The second-order valence-electron chi connectivity index (χ2n) is 9.94. The molecule has 6 nitrogen and oxygen atoms in total. The molecule has 0 aliphatic carbocycles. The van der Waals surface area contributed by atoms with Crippen LogP contribution < -0.4 is 10.1 Å². The zero-order valence-electron chi connectivity index (χ0n) is 21.0. The van der Waals surface area contributed by atoms with Crippen molar-refractivity contribution in [2.24, 2.45) is 5.92 Å². The van der Waals surface area contributed by atoms with Gasteiger partial charge in [-0.05, 0) is 62.4 Å². The van der Waals surface area contributed by atoms with Gasteiger partial charge in [-0.3, -0.25) is 14.5 Å². The van der Waals surface area contributed by atoms with E-state index in [-0.39, 0.29) is 17.7 Å². The molecular formula is C29H39N3O3. The maximum Gasteiger partial charge on any atom is 0.226 e. The van der Waals surface area contributed by atoms with Crippen LogP contribution in [0, 0.1) is 5.92 Å². The Morgan fingerprint density at radius 3 is 2.49 bits per heavy atom. The van der Waals surface area contributed by atoms with E-state index in [9.17, 15) is 9.59 Å². The molecule has 0 bridgehead atoms. The predicted octanol–water partition coefficient (Wildman–Crippen LogP) is 4.38. The Bertz CT molecular complexity index is 947. The summed E-state index contributed by atoms with van der Waals surface area (Å²) in [6.45, 7) is 6.57. The second kappa shape index (κ2) is 12.7. The number of carbonyl (C=O) groups is 2. The smallest absolute Gasteiger partial charge is 0.226 e. The molecule has 188 valence electrons. The van der Waals surface area contributed by atoms with Crippen molar-refractivity contribution in [1.82, 2.24) is 15.1 Å². The van der Waals surface area contributed by atoms with Gasteiger partial charge in [-0.2, -0.15) is 0 Å². The summed E-state index contributed by atoms with van der Waals surface area (Å²) in [6.07, 6.45) is 5.92. The van der Waals surface area contributed by atoms with Crippen LogP contribution in [0.4, 0.5) is 0 Å². The van der Waals surface area contributed by atoms with Crippen LogP contribution in [-0.4, -0.2) is 53.9 Å². The van der Waals surface area contributed by atoms with Gasteiger partial charge in [0, 0.05) is 32.2 Å². The summed E-state index contributed by atoms with van der Waals surface area (Å²) >= 11 is 0. The van der Waals surface area contributed by atoms with Crippen LogP contribution in [0.25, 0.3) is 0 Å². The SMILES string of the molecule is CC1CCCCN1Cc1ccc(CNC(=O)C2CCCN(C(=O)CCOc3ccccc3)C2)cc1. The number of piperidine rings is 2. The summed E-state index contributed by atoms with van der Waals surface area (Å²) in [7, 11) is 0. The summed E-state index contributed by atoms with van der Waals surface area (Å²) < 4.78 is 5.66. The first-order valence-electron chi connectivity index (χ1n) is 13.1. The van der Waals surface area contributed by atoms with Gasteiger partial charge in [0.15, 0.2) is 0 Å². The van der Waals surface area contributed by atoms with E-state index in [1.165, 1.54) is 31.4 Å². The Balaban J connectivity index is 1.19. The molecule has 35 heavy (non-hydrogen) atoms. The number of carbonyl (C=O) groups excluding carboxylic acids is 2. The lowest BCUT2D eigenvalue weighted by molar-refractivity contribution is -0.136. The lowest BCUT2D eigenvalue weighted by Crippen LogP contribution is -2.45. The van der Waals surface area contributed by atoms with E-state index in [0.29, 0.717) is 38.7 Å². The molecule has 1 N–H and O–H groups in total. The largest absolute Gasteiger partial charge is 0.493 e. The number of hydrogen-bond donors (Lipinski definition) is 1. The highest BCUT2D eigenvalue weighted by atomic mass is 16.5. The van der Waals surface area contributed by atoms with Gasteiger partial charge >= 0.3 is 0 Å². The number of rotatable bonds is 9. The summed E-state index contributed by atoms with van der Waals surface area (Å²) in [5.74, 6) is 0.708. The van der Waals surface area contributed by atoms with Crippen molar-refractivity contribution in [3.05, 3.63) is 65.7 Å². The zero-order valence-corrected chi connectivity index (χ0v) is 21.0. The molecule has 2 saturated heterocycles. The Morgan fingerprint density at radius 1 is 0.943 bits per heavy atom. The van der Waals surface area contributed by atoms with Crippen LogP contribution in [0.3, 0.4) is 0 Å². The fourth-order valence-electron chi connectivity index (χ4n) is 5.07. The number of para-hydroxylation sites is 1. The molecule has 2 heterocycles. The molecule has 0 spiro atoms. The highest BCUT2D eigenvalue weighted by Gasteiger charge is 2.28.